The molecule has 0 radical (unpaired) electrons. The number of hydrogen-bond donors (Lipinski definition) is 1. The van der Waals surface area contributed by atoms with Gasteiger partial charge < -0.3 is 14.8 Å². The minimum Gasteiger partial charge on any atom is -0.497 e. The van der Waals surface area contributed by atoms with E-state index in [9.17, 15) is 9.59 Å². The molecule has 0 fully saturated rings. The number of fused-ring (bicyclic) bond motifs is 1. The number of methoxy groups -OCH3 is 2. The van der Waals surface area contributed by atoms with Gasteiger partial charge in [-0.15, -0.1) is 11.3 Å². The van der Waals surface area contributed by atoms with Crippen molar-refractivity contribution in [1.29, 1.82) is 0 Å². The fourth-order valence-corrected chi connectivity index (χ4v) is 4.98. The van der Waals surface area contributed by atoms with E-state index in [1.165, 1.54) is 11.6 Å². The van der Waals surface area contributed by atoms with Crippen LogP contribution in [-0.4, -0.2) is 34.9 Å². The molecule has 186 valence electrons. The molecule has 5 aromatic rings. The number of aryl methyl sites for hydroxylation is 1. The third-order valence-corrected chi connectivity index (χ3v) is 6.87. The quantitative estimate of drug-likeness (QED) is 0.324. The summed E-state index contributed by atoms with van der Waals surface area (Å²) in [5.41, 5.74) is 4.49. The number of amides is 1. The number of aromatic nitrogens is 3. The summed E-state index contributed by atoms with van der Waals surface area (Å²) in [6.45, 7) is 1.82. The highest BCUT2D eigenvalue weighted by Gasteiger charge is 2.13. The summed E-state index contributed by atoms with van der Waals surface area (Å²) >= 11 is 1.63. The van der Waals surface area contributed by atoms with Crippen LogP contribution in [-0.2, 0) is 11.3 Å². The number of rotatable bonds is 7. The van der Waals surface area contributed by atoms with Gasteiger partial charge in [-0.05, 0) is 73.2 Å². The molecule has 2 heterocycles. The molecule has 0 aliphatic heterocycles. The van der Waals surface area contributed by atoms with Gasteiger partial charge in [-0.3, -0.25) is 9.59 Å². The predicted molar refractivity (Wildman–Crippen MR) is 145 cm³/mol. The summed E-state index contributed by atoms with van der Waals surface area (Å²) in [4.78, 5) is 29.9. The van der Waals surface area contributed by atoms with Gasteiger partial charge in [0.2, 0.25) is 5.91 Å². The number of nitrogens with one attached hydrogen (secondary N) is 1. The lowest BCUT2D eigenvalue weighted by Crippen LogP contribution is -2.29. The molecule has 0 aliphatic carbocycles. The number of anilines is 1. The Kier molecular flexibility index (Phi) is 6.70. The SMILES string of the molecule is COc1ccc(OC)c(-c2ccc(=O)n(CC(=O)Nc3ccc(-c4nc5ccc(C)cc5s4)cc3)n2)c1. The topological polar surface area (TPSA) is 95.3 Å². The normalized spacial score (nSPS) is 10.9. The van der Waals surface area contributed by atoms with Crippen LogP contribution in [0.5, 0.6) is 11.5 Å². The van der Waals surface area contributed by atoms with E-state index in [0.717, 1.165) is 25.5 Å². The number of thiazole rings is 1. The minimum absolute atomic E-state index is 0.238. The van der Waals surface area contributed by atoms with E-state index in [0.29, 0.717) is 28.4 Å². The lowest BCUT2D eigenvalue weighted by atomic mass is 10.1. The second-order valence-corrected chi connectivity index (χ2v) is 9.43. The molecule has 37 heavy (non-hydrogen) atoms. The molecule has 0 spiro atoms. The fraction of sp³-hybridized carbons (Fsp3) is 0.143. The zero-order valence-electron chi connectivity index (χ0n) is 20.5. The molecular formula is C28H24N4O4S. The predicted octanol–water partition coefficient (Wildman–Crippen LogP) is 5.15. The maximum absolute atomic E-state index is 12.7. The summed E-state index contributed by atoms with van der Waals surface area (Å²) in [6.07, 6.45) is 0. The first-order valence-corrected chi connectivity index (χ1v) is 12.3. The Morgan fingerprint density at radius 2 is 1.78 bits per heavy atom. The van der Waals surface area contributed by atoms with Gasteiger partial charge in [0.15, 0.2) is 0 Å². The Labute approximate surface area is 217 Å². The Bertz CT molecular complexity index is 1660. The average Bonchev–Trinajstić information content (AvgIpc) is 3.33. The van der Waals surface area contributed by atoms with E-state index in [2.05, 4.69) is 23.4 Å². The lowest BCUT2D eigenvalue weighted by molar-refractivity contribution is -0.117. The van der Waals surface area contributed by atoms with Crippen LogP contribution in [0.25, 0.3) is 32.0 Å². The molecule has 3 aromatic carbocycles. The number of hydrogen-bond acceptors (Lipinski definition) is 7. The van der Waals surface area contributed by atoms with Crippen molar-refractivity contribution < 1.29 is 14.3 Å². The molecule has 2 aromatic heterocycles. The first kappa shape index (κ1) is 24.2. The van der Waals surface area contributed by atoms with Crippen molar-refractivity contribution >= 4 is 33.1 Å². The highest BCUT2D eigenvalue weighted by Crippen LogP contribution is 2.32. The molecule has 0 aliphatic rings. The molecule has 1 amide bonds. The van der Waals surface area contributed by atoms with E-state index in [1.54, 1.807) is 49.8 Å². The Morgan fingerprint density at radius 3 is 2.54 bits per heavy atom. The molecule has 0 saturated heterocycles. The summed E-state index contributed by atoms with van der Waals surface area (Å²) in [5, 5.41) is 8.14. The van der Waals surface area contributed by atoms with Crippen LogP contribution in [0.3, 0.4) is 0 Å². The van der Waals surface area contributed by atoms with Crippen LogP contribution in [0.15, 0.2) is 77.6 Å². The summed E-state index contributed by atoms with van der Waals surface area (Å²) < 4.78 is 13.0. The highest BCUT2D eigenvalue weighted by atomic mass is 32.1. The van der Waals surface area contributed by atoms with Crippen molar-refractivity contribution in [3.05, 3.63) is 88.7 Å². The molecule has 0 atom stereocenters. The van der Waals surface area contributed by atoms with Crippen molar-refractivity contribution in [3.63, 3.8) is 0 Å². The third kappa shape index (κ3) is 5.22. The molecule has 0 bridgehead atoms. The minimum atomic E-state index is -0.387. The monoisotopic (exact) mass is 512 g/mol. The first-order valence-electron chi connectivity index (χ1n) is 11.5. The van der Waals surface area contributed by atoms with Crippen LogP contribution >= 0.6 is 11.3 Å². The van der Waals surface area contributed by atoms with Gasteiger partial charge in [0.1, 0.15) is 23.1 Å². The number of nitrogens with zero attached hydrogens (tertiary/aromatic N) is 3. The van der Waals surface area contributed by atoms with Crippen LogP contribution < -0.4 is 20.3 Å². The standard InChI is InChI=1S/C28H24N4O4S/c1-17-4-10-23-25(14-17)37-28(30-23)18-5-7-19(8-6-18)29-26(33)16-32-27(34)13-11-22(31-32)21-15-20(35-2)9-12-24(21)36-3/h4-15H,16H2,1-3H3,(H,29,33). The number of benzene rings is 3. The van der Waals surface area contributed by atoms with Crippen LogP contribution in [0.4, 0.5) is 5.69 Å². The van der Waals surface area contributed by atoms with E-state index in [1.807, 2.05) is 36.4 Å². The number of ether oxygens (including phenoxy) is 2. The van der Waals surface area contributed by atoms with Crippen molar-refractivity contribution in [3.8, 4) is 33.3 Å². The van der Waals surface area contributed by atoms with E-state index < -0.39 is 0 Å². The molecular weight excluding hydrogens is 488 g/mol. The second-order valence-electron chi connectivity index (χ2n) is 8.40. The average molecular weight is 513 g/mol. The van der Waals surface area contributed by atoms with Gasteiger partial charge in [0, 0.05) is 22.9 Å². The maximum atomic E-state index is 12.7. The zero-order valence-corrected chi connectivity index (χ0v) is 21.3. The third-order valence-electron chi connectivity index (χ3n) is 5.80. The molecule has 8 nitrogen and oxygen atoms in total. The molecule has 1 N–H and O–H groups in total. The van der Waals surface area contributed by atoms with E-state index >= 15 is 0 Å². The number of carbonyl (C=O) groups excluding carboxylic acids is 1. The molecule has 0 saturated carbocycles. The Morgan fingerprint density at radius 1 is 0.973 bits per heavy atom. The van der Waals surface area contributed by atoms with Gasteiger partial charge in [-0.1, -0.05) is 6.07 Å². The van der Waals surface area contributed by atoms with Crippen LogP contribution in [0.1, 0.15) is 5.56 Å². The highest BCUT2D eigenvalue weighted by molar-refractivity contribution is 7.21. The van der Waals surface area contributed by atoms with Crippen molar-refractivity contribution in [2.24, 2.45) is 0 Å². The molecule has 5 rings (SSSR count). The first-order chi connectivity index (χ1) is 17.9. The summed E-state index contributed by atoms with van der Waals surface area (Å²) in [6, 6.07) is 21.9. The largest absolute Gasteiger partial charge is 0.497 e. The van der Waals surface area contributed by atoms with Gasteiger partial charge in [0.25, 0.3) is 5.56 Å². The fourth-order valence-electron chi connectivity index (χ4n) is 3.91. The summed E-state index contributed by atoms with van der Waals surface area (Å²) in [5.74, 6) is 0.830. The smallest absolute Gasteiger partial charge is 0.267 e. The van der Waals surface area contributed by atoms with E-state index in [-0.39, 0.29) is 18.0 Å². The van der Waals surface area contributed by atoms with Gasteiger partial charge in [0.05, 0.1) is 30.1 Å². The second kappa shape index (κ2) is 10.2. The Balaban J connectivity index is 1.32. The van der Waals surface area contributed by atoms with Crippen LogP contribution in [0, 0.1) is 6.92 Å². The number of carbonyl (C=O) groups is 1. The summed E-state index contributed by atoms with van der Waals surface area (Å²) in [7, 11) is 3.12. The zero-order chi connectivity index (χ0) is 25.9. The van der Waals surface area contributed by atoms with Crippen molar-refractivity contribution in [2.75, 3.05) is 19.5 Å². The van der Waals surface area contributed by atoms with Gasteiger partial charge >= 0.3 is 0 Å². The maximum Gasteiger partial charge on any atom is 0.267 e. The van der Waals surface area contributed by atoms with Crippen LogP contribution in [0.2, 0.25) is 0 Å². The van der Waals surface area contributed by atoms with Crippen molar-refractivity contribution in [1.82, 2.24) is 14.8 Å². The van der Waals surface area contributed by atoms with Crippen molar-refractivity contribution in [2.45, 2.75) is 13.5 Å². The molecule has 9 heteroatoms. The van der Waals surface area contributed by atoms with E-state index in [4.69, 9.17) is 14.5 Å². The van der Waals surface area contributed by atoms with Gasteiger partial charge in [-0.2, -0.15) is 5.10 Å². The molecule has 0 unspecified atom stereocenters. The Hall–Kier alpha value is -4.50. The lowest BCUT2D eigenvalue weighted by Gasteiger charge is -2.12. The van der Waals surface area contributed by atoms with Gasteiger partial charge in [-0.25, -0.2) is 9.67 Å².